The number of amides is 1. The fourth-order valence-corrected chi connectivity index (χ4v) is 4.15. The molecular formula is C27H28F3N3O4. The molecule has 1 heterocycles. The SMILES string of the molecule is COC(=O)c1cc(F)c(-c2c(F)cccc2OC)c(F)c1N(C(C)=O)c1c(C(C)C)ncnc1C(C)C. The molecule has 0 bridgehead atoms. The average molecular weight is 516 g/mol. The summed E-state index contributed by atoms with van der Waals surface area (Å²) >= 11 is 0. The number of hydrogen-bond donors (Lipinski definition) is 0. The van der Waals surface area contributed by atoms with Crippen molar-refractivity contribution in [3.63, 3.8) is 0 Å². The number of methoxy groups -OCH3 is 2. The largest absolute Gasteiger partial charge is 0.496 e. The summed E-state index contributed by atoms with van der Waals surface area (Å²) in [5, 5.41) is 0. The molecule has 0 aliphatic heterocycles. The van der Waals surface area contributed by atoms with Crippen LogP contribution in [0.2, 0.25) is 0 Å². The van der Waals surface area contributed by atoms with Crippen molar-refractivity contribution in [3.05, 3.63) is 65.0 Å². The maximum atomic E-state index is 16.5. The molecule has 2 aromatic carbocycles. The highest BCUT2D eigenvalue weighted by atomic mass is 19.1. The average Bonchev–Trinajstić information content (AvgIpc) is 2.85. The first-order chi connectivity index (χ1) is 17.5. The van der Waals surface area contributed by atoms with Gasteiger partial charge in [-0.15, -0.1) is 0 Å². The van der Waals surface area contributed by atoms with Crippen molar-refractivity contribution < 1.29 is 32.2 Å². The fraction of sp³-hybridized carbons (Fsp3) is 0.333. The normalized spacial score (nSPS) is 11.1. The van der Waals surface area contributed by atoms with Gasteiger partial charge in [-0.25, -0.2) is 27.9 Å². The number of carbonyl (C=O) groups excluding carboxylic acids is 2. The summed E-state index contributed by atoms with van der Waals surface area (Å²) < 4.78 is 56.9. The zero-order valence-corrected chi connectivity index (χ0v) is 21.6. The van der Waals surface area contributed by atoms with Gasteiger partial charge in [0.1, 0.15) is 29.4 Å². The summed E-state index contributed by atoms with van der Waals surface area (Å²) in [5.74, 6) is -5.99. The van der Waals surface area contributed by atoms with Gasteiger partial charge >= 0.3 is 5.97 Å². The van der Waals surface area contributed by atoms with Gasteiger partial charge < -0.3 is 9.47 Å². The van der Waals surface area contributed by atoms with Crippen LogP contribution < -0.4 is 9.64 Å². The van der Waals surface area contributed by atoms with Crippen LogP contribution in [0.4, 0.5) is 24.5 Å². The van der Waals surface area contributed by atoms with E-state index in [-0.39, 0.29) is 23.3 Å². The van der Waals surface area contributed by atoms with E-state index in [0.717, 1.165) is 31.1 Å². The van der Waals surface area contributed by atoms with Gasteiger partial charge in [0, 0.05) is 6.92 Å². The van der Waals surface area contributed by atoms with E-state index in [1.54, 1.807) is 0 Å². The maximum Gasteiger partial charge on any atom is 0.340 e. The highest BCUT2D eigenvalue weighted by Gasteiger charge is 2.35. The highest BCUT2D eigenvalue weighted by Crippen LogP contribution is 2.45. The first-order valence-electron chi connectivity index (χ1n) is 11.5. The number of benzene rings is 2. The van der Waals surface area contributed by atoms with E-state index >= 15 is 8.78 Å². The molecule has 0 saturated carbocycles. The molecule has 3 aromatic rings. The Bertz CT molecular complexity index is 1330. The molecule has 0 fully saturated rings. The number of aromatic nitrogens is 2. The van der Waals surface area contributed by atoms with Gasteiger partial charge in [-0.1, -0.05) is 33.8 Å². The van der Waals surface area contributed by atoms with E-state index in [2.05, 4.69) is 9.97 Å². The third kappa shape index (κ3) is 5.00. The van der Waals surface area contributed by atoms with Crippen LogP contribution >= 0.6 is 0 Å². The van der Waals surface area contributed by atoms with Gasteiger partial charge in [0.05, 0.1) is 48.0 Å². The van der Waals surface area contributed by atoms with Crippen molar-refractivity contribution >= 4 is 23.3 Å². The Morgan fingerprint density at radius 1 is 0.892 bits per heavy atom. The van der Waals surface area contributed by atoms with Gasteiger partial charge in [0.25, 0.3) is 0 Å². The molecule has 7 nitrogen and oxygen atoms in total. The number of rotatable bonds is 7. The van der Waals surface area contributed by atoms with Gasteiger partial charge in [0.15, 0.2) is 5.82 Å². The minimum Gasteiger partial charge on any atom is -0.496 e. The van der Waals surface area contributed by atoms with Crippen molar-refractivity contribution in [3.8, 4) is 16.9 Å². The van der Waals surface area contributed by atoms with Crippen LogP contribution in [0.25, 0.3) is 11.1 Å². The molecule has 10 heteroatoms. The molecule has 0 atom stereocenters. The summed E-state index contributed by atoms with van der Waals surface area (Å²) in [6.07, 6.45) is 1.34. The Balaban J connectivity index is 2.56. The zero-order chi connectivity index (χ0) is 27.6. The number of carbonyl (C=O) groups is 2. The Morgan fingerprint density at radius 3 is 1.97 bits per heavy atom. The third-order valence-electron chi connectivity index (χ3n) is 5.78. The predicted molar refractivity (Wildman–Crippen MR) is 133 cm³/mol. The predicted octanol–water partition coefficient (Wildman–Crippen LogP) is 6.29. The van der Waals surface area contributed by atoms with E-state index in [1.807, 2.05) is 27.7 Å². The number of halogens is 3. The summed E-state index contributed by atoms with van der Waals surface area (Å²) in [4.78, 5) is 35.5. The number of anilines is 2. The number of esters is 1. The van der Waals surface area contributed by atoms with Crippen molar-refractivity contribution in [2.24, 2.45) is 0 Å². The molecule has 37 heavy (non-hydrogen) atoms. The molecule has 3 rings (SSSR count). The molecule has 0 saturated heterocycles. The molecule has 196 valence electrons. The first kappa shape index (κ1) is 27.6. The molecule has 0 spiro atoms. The molecule has 0 aliphatic rings. The zero-order valence-electron chi connectivity index (χ0n) is 21.6. The van der Waals surface area contributed by atoms with Crippen LogP contribution in [0.15, 0.2) is 30.6 Å². The molecule has 0 N–H and O–H groups in total. The van der Waals surface area contributed by atoms with Crippen LogP contribution in [0.1, 0.15) is 68.2 Å². The van der Waals surface area contributed by atoms with Gasteiger partial charge in [-0.2, -0.15) is 0 Å². The number of ether oxygens (including phenoxy) is 2. The third-order valence-corrected chi connectivity index (χ3v) is 5.78. The lowest BCUT2D eigenvalue weighted by atomic mass is 9.96. The van der Waals surface area contributed by atoms with Crippen molar-refractivity contribution in [2.45, 2.75) is 46.5 Å². The highest BCUT2D eigenvalue weighted by molar-refractivity contribution is 6.08. The van der Waals surface area contributed by atoms with E-state index in [9.17, 15) is 14.0 Å². The van der Waals surface area contributed by atoms with Gasteiger partial charge in [-0.05, 0) is 30.0 Å². The van der Waals surface area contributed by atoms with E-state index in [1.165, 1.54) is 25.6 Å². The minimum atomic E-state index is -1.35. The van der Waals surface area contributed by atoms with Crippen molar-refractivity contribution in [1.29, 1.82) is 0 Å². The minimum absolute atomic E-state index is 0.141. The smallest absolute Gasteiger partial charge is 0.340 e. The van der Waals surface area contributed by atoms with Crippen LogP contribution in [-0.2, 0) is 9.53 Å². The van der Waals surface area contributed by atoms with E-state index in [0.29, 0.717) is 11.4 Å². The molecular weight excluding hydrogens is 487 g/mol. The maximum absolute atomic E-state index is 16.5. The van der Waals surface area contributed by atoms with Crippen molar-refractivity contribution in [1.82, 2.24) is 9.97 Å². The lowest BCUT2D eigenvalue weighted by molar-refractivity contribution is -0.115. The summed E-state index contributed by atoms with van der Waals surface area (Å²) in [5.41, 5.74) is -1.53. The summed E-state index contributed by atoms with van der Waals surface area (Å²) in [6, 6.07) is 4.40. The topological polar surface area (TPSA) is 81.6 Å². The summed E-state index contributed by atoms with van der Waals surface area (Å²) in [6.45, 7) is 8.46. The van der Waals surface area contributed by atoms with Gasteiger partial charge in [0.2, 0.25) is 5.91 Å². The second-order valence-electron chi connectivity index (χ2n) is 8.91. The van der Waals surface area contributed by atoms with Gasteiger partial charge in [-0.3, -0.25) is 9.69 Å². The lowest BCUT2D eigenvalue weighted by Crippen LogP contribution is -2.30. The quantitative estimate of drug-likeness (QED) is 0.344. The Hall–Kier alpha value is -3.95. The van der Waals surface area contributed by atoms with Crippen molar-refractivity contribution in [2.75, 3.05) is 19.1 Å². The Morgan fingerprint density at radius 2 is 1.49 bits per heavy atom. The van der Waals surface area contributed by atoms with Crippen LogP contribution in [0.5, 0.6) is 5.75 Å². The lowest BCUT2D eigenvalue weighted by Gasteiger charge is -2.30. The fourth-order valence-electron chi connectivity index (χ4n) is 4.15. The molecule has 1 amide bonds. The Labute approximate surface area is 213 Å². The van der Waals surface area contributed by atoms with Crippen LogP contribution in [-0.4, -0.2) is 36.1 Å². The van der Waals surface area contributed by atoms with E-state index < -0.39 is 51.7 Å². The molecule has 0 radical (unpaired) electrons. The number of hydrogen-bond acceptors (Lipinski definition) is 6. The molecule has 0 unspecified atom stereocenters. The van der Waals surface area contributed by atoms with E-state index in [4.69, 9.17) is 9.47 Å². The van der Waals surface area contributed by atoms with Crippen LogP contribution in [0.3, 0.4) is 0 Å². The standard InChI is InChI=1S/C27H28F3N3O4/c1-13(2)23-26(24(14(3)4)32-12-31-23)33(15(5)34)25-16(27(35)37-7)11-18(29)21(22(25)30)20-17(28)9-8-10-19(20)36-6/h8-14H,1-7H3. The second-order valence-corrected chi connectivity index (χ2v) is 8.91. The molecule has 1 aromatic heterocycles. The Kier molecular flexibility index (Phi) is 8.20. The summed E-state index contributed by atoms with van der Waals surface area (Å²) in [7, 11) is 2.27. The van der Waals surface area contributed by atoms with Crippen LogP contribution in [0, 0.1) is 17.5 Å². The molecule has 0 aliphatic carbocycles. The first-order valence-corrected chi connectivity index (χ1v) is 11.5. The number of nitrogens with zero attached hydrogens (tertiary/aromatic N) is 3. The second kappa shape index (κ2) is 11.0. The monoisotopic (exact) mass is 515 g/mol.